The van der Waals surface area contributed by atoms with Gasteiger partial charge in [0.05, 0.1) is 29.2 Å². The number of morpholine rings is 1. The fourth-order valence-corrected chi connectivity index (χ4v) is 11.2. The summed E-state index contributed by atoms with van der Waals surface area (Å²) in [5.74, 6) is 1.39. The van der Waals surface area contributed by atoms with Gasteiger partial charge in [0.1, 0.15) is 30.0 Å². The zero-order chi connectivity index (χ0) is 55.8. The SMILES string of the molecule is CC(C)(C)[C@H](NC(=O)c1cc2cc(C(F)(F)P(=O)(O)O)ccc2s1)C(=O)N1Cc2cc(OCC(=O)NCCC#Cc3cccc4c3C(=O)N(C3CCC(=O)NC3=O)C4=O)ccc2C[C@H]1C(=O)N1CCOC(c2ccccc2)C1. The number of alkyl halides is 2. The number of carbonyl (C=O) groups excluding carboxylic acids is 8. The second-order valence-corrected chi connectivity index (χ2v) is 23.0. The zero-order valence-electron chi connectivity index (χ0n) is 42.4. The molecule has 2 saturated heterocycles. The molecule has 2 fully saturated rings. The number of ether oxygens (including phenoxy) is 2. The minimum atomic E-state index is -5.87. The van der Waals surface area contributed by atoms with Crippen molar-refractivity contribution in [1.29, 1.82) is 0 Å². The highest BCUT2D eigenvalue weighted by Gasteiger charge is 2.51. The lowest BCUT2D eigenvalue weighted by Crippen LogP contribution is -2.61. The second kappa shape index (κ2) is 22.0. The van der Waals surface area contributed by atoms with Crippen molar-refractivity contribution in [1.82, 2.24) is 30.7 Å². The maximum atomic E-state index is 15.1. The lowest BCUT2D eigenvalue weighted by Gasteiger charge is -2.43. The Morgan fingerprint density at radius 3 is 2.45 bits per heavy atom. The maximum Gasteiger partial charge on any atom is 0.399 e. The van der Waals surface area contributed by atoms with Gasteiger partial charge in [0.2, 0.25) is 23.6 Å². The highest BCUT2D eigenvalue weighted by Crippen LogP contribution is 2.59. The minimum Gasteiger partial charge on any atom is -0.484 e. The largest absolute Gasteiger partial charge is 0.484 e. The minimum absolute atomic E-state index is 0.0103. The molecule has 406 valence electrons. The Bertz CT molecular complexity index is 3400. The van der Waals surface area contributed by atoms with E-state index in [1.54, 1.807) is 56.0 Å². The van der Waals surface area contributed by atoms with Gasteiger partial charge in [-0.15, -0.1) is 11.3 Å². The summed E-state index contributed by atoms with van der Waals surface area (Å²) < 4.78 is 53.2. The number of halogens is 2. The first-order chi connectivity index (χ1) is 37.0. The summed E-state index contributed by atoms with van der Waals surface area (Å²) in [6.45, 7) is 5.53. The first kappa shape index (κ1) is 55.1. The fraction of sp³-hybridized carbons (Fsp3) is 0.345. The summed E-state index contributed by atoms with van der Waals surface area (Å²) in [4.78, 5) is 130. The summed E-state index contributed by atoms with van der Waals surface area (Å²) in [5, 5.41) is 7.85. The quantitative estimate of drug-likeness (QED) is 0.0442. The molecule has 4 atom stereocenters. The van der Waals surface area contributed by atoms with Crippen molar-refractivity contribution in [3.05, 3.63) is 135 Å². The van der Waals surface area contributed by atoms with E-state index < -0.39 is 96.4 Å². The van der Waals surface area contributed by atoms with E-state index in [2.05, 4.69) is 27.8 Å². The highest BCUT2D eigenvalue weighted by molar-refractivity contribution is 7.52. The topological polar surface area (TPSA) is 258 Å². The maximum absolute atomic E-state index is 15.1. The van der Waals surface area contributed by atoms with Gasteiger partial charge in [-0.05, 0) is 76.4 Å². The number of hydrogen-bond donors (Lipinski definition) is 5. The van der Waals surface area contributed by atoms with Gasteiger partial charge in [0, 0.05) is 54.7 Å². The van der Waals surface area contributed by atoms with Gasteiger partial charge in [-0.2, -0.15) is 8.78 Å². The van der Waals surface area contributed by atoms with E-state index >= 15 is 4.79 Å². The number of nitrogens with zero attached hydrogens (tertiary/aromatic N) is 3. The van der Waals surface area contributed by atoms with Crippen molar-refractivity contribution >= 4 is 76.3 Å². The number of carbonyl (C=O) groups is 8. The van der Waals surface area contributed by atoms with Gasteiger partial charge < -0.3 is 39.7 Å². The molecule has 1 aromatic heterocycles. The van der Waals surface area contributed by atoms with Crippen LogP contribution in [0, 0.1) is 17.3 Å². The third kappa shape index (κ3) is 11.3. The number of fused-ring (bicyclic) bond motifs is 3. The monoisotopic (exact) mass is 1110 g/mol. The summed E-state index contributed by atoms with van der Waals surface area (Å²) in [5.41, 5.74) is -3.72. The smallest absolute Gasteiger partial charge is 0.399 e. The molecule has 9 rings (SSSR count). The standard InChI is InChI=1S/C55H53F2N6O13PS/c1-54(2,3)47(60-49(67)43-27-34-24-36(16-19-42(34)78-43)55(56,57)77(72,73)74)53(71)62-28-35-25-37(17-15-33(35)26-40(62)51(69)61-22-23-75-41(29-61)31-10-5-4-6-11-31)76-30-45(65)58-21-8-7-12-32-13-9-14-38-46(32)52(70)63(50(38)68)39-18-20-44(64)59-48(39)66/h4-6,9-11,13-17,19,24-25,27,39-41,47H,8,18,20-23,26,28-30H2,1-3H3,(H,58,65)(H,60,67)(H,59,64,66)(H2,72,73,74)/t39?,40-,41?,47+/m0/s1. The summed E-state index contributed by atoms with van der Waals surface area (Å²) in [6.07, 6.45) is -0.190. The van der Waals surface area contributed by atoms with Crippen LogP contribution in [0.15, 0.2) is 91.0 Å². The van der Waals surface area contributed by atoms with Gasteiger partial charge in [-0.1, -0.05) is 81.1 Å². The predicted octanol–water partition coefficient (Wildman–Crippen LogP) is 5.16. The summed E-state index contributed by atoms with van der Waals surface area (Å²) in [7, 11) is -5.87. The molecule has 5 aromatic rings. The average molecular weight is 1110 g/mol. The molecule has 5 heterocycles. The van der Waals surface area contributed by atoms with Crippen LogP contribution in [-0.2, 0) is 51.9 Å². The van der Waals surface area contributed by atoms with E-state index in [0.717, 1.165) is 39.5 Å². The number of imide groups is 2. The first-order valence-electron chi connectivity index (χ1n) is 24.9. The van der Waals surface area contributed by atoms with E-state index in [4.69, 9.17) is 9.47 Å². The van der Waals surface area contributed by atoms with Crippen molar-refractivity contribution < 1.29 is 71.0 Å². The Hall–Kier alpha value is -7.67. The first-order valence-corrected chi connectivity index (χ1v) is 27.3. The van der Waals surface area contributed by atoms with E-state index in [0.29, 0.717) is 10.3 Å². The van der Waals surface area contributed by atoms with E-state index in [-0.39, 0.29) is 97.1 Å². The number of piperidine rings is 1. The molecule has 8 amide bonds. The van der Waals surface area contributed by atoms with Gasteiger partial charge >= 0.3 is 13.3 Å². The molecule has 78 heavy (non-hydrogen) atoms. The molecular weight excluding hydrogens is 1050 g/mol. The molecule has 0 bridgehead atoms. The van der Waals surface area contributed by atoms with Crippen molar-refractivity contribution in [3.63, 3.8) is 0 Å². The van der Waals surface area contributed by atoms with Crippen LogP contribution in [0.5, 0.6) is 5.75 Å². The van der Waals surface area contributed by atoms with Crippen LogP contribution in [-0.4, -0.2) is 123 Å². The number of rotatable bonds is 13. The number of benzene rings is 4. The van der Waals surface area contributed by atoms with Crippen LogP contribution >= 0.6 is 18.9 Å². The van der Waals surface area contributed by atoms with Crippen LogP contribution in [0.25, 0.3) is 10.1 Å². The molecule has 0 spiro atoms. The van der Waals surface area contributed by atoms with Crippen LogP contribution in [0.2, 0.25) is 0 Å². The molecule has 0 radical (unpaired) electrons. The average Bonchev–Trinajstić information content (AvgIpc) is 4.01. The Labute approximate surface area is 449 Å². The summed E-state index contributed by atoms with van der Waals surface area (Å²) in [6, 6.07) is 20.0. The number of amides is 8. The predicted molar refractivity (Wildman–Crippen MR) is 278 cm³/mol. The van der Waals surface area contributed by atoms with Crippen LogP contribution in [0.1, 0.15) is 104 Å². The Morgan fingerprint density at radius 1 is 0.949 bits per heavy atom. The highest BCUT2D eigenvalue weighted by atomic mass is 32.1. The third-order valence-corrected chi connectivity index (χ3v) is 16.0. The molecule has 19 nitrogen and oxygen atoms in total. The van der Waals surface area contributed by atoms with E-state index in [1.165, 1.54) is 23.1 Å². The fourth-order valence-electron chi connectivity index (χ4n) is 9.80. The molecule has 5 N–H and O–H groups in total. The van der Waals surface area contributed by atoms with Gasteiger partial charge in [-0.3, -0.25) is 53.1 Å². The Morgan fingerprint density at radius 2 is 1.72 bits per heavy atom. The molecule has 4 aliphatic heterocycles. The molecule has 2 unspecified atom stereocenters. The molecular formula is C55H53F2N6O13PS. The lowest BCUT2D eigenvalue weighted by atomic mass is 9.84. The van der Waals surface area contributed by atoms with Crippen LogP contribution in [0.3, 0.4) is 0 Å². The van der Waals surface area contributed by atoms with Crippen molar-refractivity contribution in [3.8, 4) is 17.6 Å². The van der Waals surface area contributed by atoms with Gasteiger partial charge in [0.25, 0.3) is 23.6 Å². The van der Waals surface area contributed by atoms with Crippen LogP contribution in [0.4, 0.5) is 8.78 Å². The molecule has 0 aliphatic carbocycles. The van der Waals surface area contributed by atoms with Crippen LogP contribution < -0.4 is 20.7 Å². The molecule has 0 saturated carbocycles. The zero-order valence-corrected chi connectivity index (χ0v) is 44.1. The second-order valence-electron chi connectivity index (χ2n) is 20.3. The summed E-state index contributed by atoms with van der Waals surface area (Å²) >= 11 is 0.932. The third-order valence-electron chi connectivity index (χ3n) is 13.9. The number of nitrogens with one attached hydrogen (secondary N) is 3. The lowest BCUT2D eigenvalue weighted by molar-refractivity contribution is -0.153. The molecule has 4 aromatic carbocycles. The molecule has 4 aliphatic rings. The Kier molecular flexibility index (Phi) is 15.5. The molecule has 23 heteroatoms. The van der Waals surface area contributed by atoms with Crippen molar-refractivity contribution in [2.75, 3.05) is 32.8 Å². The van der Waals surface area contributed by atoms with Crippen molar-refractivity contribution in [2.45, 2.75) is 82.9 Å². The number of hydrogen-bond acceptors (Lipinski definition) is 12. The van der Waals surface area contributed by atoms with E-state index in [1.807, 2.05) is 30.3 Å². The normalized spacial score (nSPS) is 19.1. The van der Waals surface area contributed by atoms with Gasteiger partial charge in [0.15, 0.2) is 6.61 Å². The number of thiophene rings is 1. The van der Waals surface area contributed by atoms with E-state index in [9.17, 15) is 56.7 Å². The van der Waals surface area contributed by atoms with Gasteiger partial charge in [-0.25, -0.2) is 0 Å². The van der Waals surface area contributed by atoms with Crippen molar-refractivity contribution in [2.24, 2.45) is 5.41 Å². The Balaban J connectivity index is 0.885.